The van der Waals surface area contributed by atoms with Gasteiger partial charge in [0, 0.05) is 24.7 Å². The molecule has 3 N–H and O–H groups in total. The molecule has 2 fully saturated rings. The number of carbonyl (C=O) groups is 3. The Hall–Kier alpha value is -1.92. The summed E-state index contributed by atoms with van der Waals surface area (Å²) >= 11 is 0. The molecule has 122 valence electrons. The van der Waals surface area contributed by atoms with Gasteiger partial charge in [-0.1, -0.05) is 0 Å². The van der Waals surface area contributed by atoms with Crippen molar-refractivity contribution >= 4 is 30.1 Å². The normalized spacial score (nSPS) is 28.2. The molecule has 2 aliphatic heterocycles. The quantitative estimate of drug-likeness (QED) is 0.742. The van der Waals surface area contributed by atoms with Crippen molar-refractivity contribution < 1.29 is 14.4 Å². The third-order valence-corrected chi connectivity index (χ3v) is 5.18. The van der Waals surface area contributed by atoms with Crippen molar-refractivity contribution in [3.8, 4) is 0 Å². The van der Waals surface area contributed by atoms with E-state index >= 15 is 0 Å². The SMILES string of the molecule is Cl.NC1CCC2CN(C(=O)c3ccc4c(c3)C(=O)NC4=O)CC12. The van der Waals surface area contributed by atoms with Gasteiger partial charge in [0.2, 0.25) is 0 Å². The van der Waals surface area contributed by atoms with E-state index in [1.807, 2.05) is 4.90 Å². The summed E-state index contributed by atoms with van der Waals surface area (Å²) in [4.78, 5) is 37.7. The Bertz CT molecular complexity index is 706. The average Bonchev–Trinajstić information content (AvgIpc) is 3.15. The van der Waals surface area contributed by atoms with Crippen LogP contribution < -0.4 is 11.1 Å². The van der Waals surface area contributed by atoms with Crippen LogP contribution in [0, 0.1) is 11.8 Å². The van der Waals surface area contributed by atoms with Gasteiger partial charge in [0.05, 0.1) is 11.1 Å². The highest BCUT2D eigenvalue weighted by Crippen LogP contribution is 2.37. The maximum absolute atomic E-state index is 12.6. The summed E-state index contributed by atoms with van der Waals surface area (Å²) in [6, 6.07) is 4.87. The monoisotopic (exact) mass is 335 g/mol. The molecule has 0 bridgehead atoms. The smallest absolute Gasteiger partial charge is 0.258 e. The summed E-state index contributed by atoms with van der Waals surface area (Å²) < 4.78 is 0. The Morgan fingerprint density at radius 2 is 1.87 bits per heavy atom. The standard InChI is InChI=1S/C16H17N3O3.ClH/c17-13-4-2-9-6-19(7-12(9)13)16(22)8-1-3-10-11(5-8)15(21)18-14(10)20;/h1,3,5,9,12-13H,2,4,6-7,17H2,(H,18,20,21);1H. The molecule has 1 aliphatic carbocycles. The highest BCUT2D eigenvalue weighted by Gasteiger charge is 2.42. The van der Waals surface area contributed by atoms with Crippen molar-refractivity contribution in [2.24, 2.45) is 17.6 Å². The fraction of sp³-hybridized carbons (Fsp3) is 0.438. The van der Waals surface area contributed by atoms with E-state index in [0.29, 0.717) is 29.5 Å². The molecule has 0 radical (unpaired) electrons. The number of carbonyl (C=O) groups excluding carboxylic acids is 3. The summed E-state index contributed by atoms with van der Waals surface area (Å²) in [6.07, 6.45) is 2.12. The number of nitrogens with zero attached hydrogens (tertiary/aromatic N) is 1. The van der Waals surface area contributed by atoms with Gasteiger partial charge in [-0.2, -0.15) is 0 Å². The molecule has 0 aromatic heterocycles. The minimum atomic E-state index is -0.435. The second kappa shape index (κ2) is 5.62. The highest BCUT2D eigenvalue weighted by atomic mass is 35.5. The zero-order valence-electron chi connectivity index (χ0n) is 12.5. The van der Waals surface area contributed by atoms with Crippen molar-refractivity contribution in [3.05, 3.63) is 34.9 Å². The van der Waals surface area contributed by atoms with Crippen molar-refractivity contribution in [1.29, 1.82) is 0 Å². The second-order valence-electron chi connectivity index (χ2n) is 6.42. The first-order valence-corrected chi connectivity index (χ1v) is 7.59. The number of imide groups is 1. The van der Waals surface area contributed by atoms with Crippen LogP contribution in [0.1, 0.15) is 43.9 Å². The zero-order valence-corrected chi connectivity index (χ0v) is 13.3. The van der Waals surface area contributed by atoms with Gasteiger partial charge in [-0.25, -0.2) is 0 Å². The maximum atomic E-state index is 12.6. The van der Waals surface area contributed by atoms with E-state index in [1.165, 1.54) is 6.07 Å². The number of nitrogens with two attached hydrogens (primary N) is 1. The number of nitrogens with one attached hydrogen (secondary N) is 1. The number of amides is 3. The molecule has 1 aromatic rings. The molecule has 1 saturated carbocycles. The number of hydrogen-bond acceptors (Lipinski definition) is 4. The summed E-state index contributed by atoms with van der Waals surface area (Å²) in [7, 11) is 0. The number of benzene rings is 1. The number of hydrogen-bond donors (Lipinski definition) is 2. The van der Waals surface area contributed by atoms with Gasteiger partial charge in [0.1, 0.15) is 0 Å². The van der Waals surface area contributed by atoms with Crippen LogP contribution in [0.25, 0.3) is 0 Å². The van der Waals surface area contributed by atoms with Crippen molar-refractivity contribution in [1.82, 2.24) is 10.2 Å². The Labute approximate surface area is 139 Å². The first-order chi connectivity index (χ1) is 10.5. The number of likely N-dealkylation sites (tertiary alicyclic amines) is 1. The lowest BCUT2D eigenvalue weighted by molar-refractivity contribution is 0.0779. The number of fused-ring (bicyclic) bond motifs is 2. The van der Waals surface area contributed by atoms with E-state index in [1.54, 1.807) is 12.1 Å². The van der Waals surface area contributed by atoms with Gasteiger partial charge in [0.25, 0.3) is 17.7 Å². The second-order valence-corrected chi connectivity index (χ2v) is 6.42. The summed E-state index contributed by atoms with van der Waals surface area (Å²) in [6.45, 7) is 1.42. The highest BCUT2D eigenvalue weighted by molar-refractivity contribution is 6.22. The van der Waals surface area contributed by atoms with E-state index in [-0.39, 0.29) is 29.9 Å². The summed E-state index contributed by atoms with van der Waals surface area (Å²) in [5, 5.41) is 2.24. The topological polar surface area (TPSA) is 92.5 Å². The predicted octanol–water partition coefficient (Wildman–Crippen LogP) is 0.801. The van der Waals surface area contributed by atoms with E-state index in [4.69, 9.17) is 5.73 Å². The van der Waals surface area contributed by atoms with Crippen molar-refractivity contribution in [3.63, 3.8) is 0 Å². The van der Waals surface area contributed by atoms with Gasteiger partial charge in [-0.05, 0) is 42.9 Å². The fourth-order valence-corrected chi connectivity index (χ4v) is 3.96. The molecule has 3 atom stereocenters. The van der Waals surface area contributed by atoms with Crippen molar-refractivity contribution in [2.45, 2.75) is 18.9 Å². The lowest BCUT2D eigenvalue weighted by Crippen LogP contribution is -2.33. The predicted molar refractivity (Wildman–Crippen MR) is 85.6 cm³/mol. The molecule has 1 saturated heterocycles. The summed E-state index contributed by atoms with van der Waals surface area (Å²) in [5.74, 6) is -0.0336. The third-order valence-electron chi connectivity index (χ3n) is 5.18. The molecule has 0 spiro atoms. The lowest BCUT2D eigenvalue weighted by Gasteiger charge is -2.19. The van der Waals surface area contributed by atoms with Crippen LogP contribution in [0.5, 0.6) is 0 Å². The molecule has 7 heteroatoms. The van der Waals surface area contributed by atoms with Crippen LogP contribution >= 0.6 is 12.4 Å². The Balaban J connectivity index is 0.00000156. The molecule has 4 rings (SSSR count). The average molecular weight is 336 g/mol. The van der Waals surface area contributed by atoms with Gasteiger partial charge < -0.3 is 10.6 Å². The largest absolute Gasteiger partial charge is 0.338 e. The molecule has 23 heavy (non-hydrogen) atoms. The first-order valence-electron chi connectivity index (χ1n) is 7.59. The van der Waals surface area contributed by atoms with E-state index < -0.39 is 11.8 Å². The van der Waals surface area contributed by atoms with Crippen LogP contribution in [0.2, 0.25) is 0 Å². The molecule has 3 unspecified atom stereocenters. The third kappa shape index (κ3) is 2.42. The molecular formula is C16H18ClN3O3. The van der Waals surface area contributed by atoms with Gasteiger partial charge in [-0.3, -0.25) is 19.7 Å². The van der Waals surface area contributed by atoms with Crippen LogP contribution in [-0.2, 0) is 0 Å². The van der Waals surface area contributed by atoms with Gasteiger partial charge in [-0.15, -0.1) is 12.4 Å². The number of rotatable bonds is 1. The minimum absolute atomic E-state index is 0. The first kappa shape index (κ1) is 16.0. The summed E-state index contributed by atoms with van der Waals surface area (Å²) in [5.41, 5.74) is 7.17. The van der Waals surface area contributed by atoms with E-state index in [9.17, 15) is 14.4 Å². The molecule has 1 aromatic carbocycles. The Morgan fingerprint density at radius 3 is 2.61 bits per heavy atom. The Kier molecular flexibility index (Phi) is 3.90. The molecule has 3 aliphatic rings. The van der Waals surface area contributed by atoms with Gasteiger partial charge in [0.15, 0.2) is 0 Å². The van der Waals surface area contributed by atoms with E-state index in [2.05, 4.69) is 5.32 Å². The number of halogens is 1. The minimum Gasteiger partial charge on any atom is -0.338 e. The molecule has 3 amide bonds. The van der Waals surface area contributed by atoms with Crippen LogP contribution in [0.4, 0.5) is 0 Å². The molecule has 6 nitrogen and oxygen atoms in total. The fourth-order valence-electron chi connectivity index (χ4n) is 3.96. The van der Waals surface area contributed by atoms with Crippen LogP contribution in [-0.4, -0.2) is 41.8 Å². The van der Waals surface area contributed by atoms with Crippen LogP contribution in [0.3, 0.4) is 0 Å². The van der Waals surface area contributed by atoms with E-state index in [0.717, 1.165) is 19.4 Å². The Morgan fingerprint density at radius 1 is 1.13 bits per heavy atom. The lowest BCUT2D eigenvalue weighted by atomic mass is 9.98. The zero-order chi connectivity index (χ0) is 15.4. The molecule has 2 heterocycles. The van der Waals surface area contributed by atoms with Crippen molar-refractivity contribution in [2.75, 3.05) is 13.1 Å². The van der Waals surface area contributed by atoms with Gasteiger partial charge >= 0.3 is 0 Å². The molecular weight excluding hydrogens is 318 g/mol. The van der Waals surface area contributed by atoms with Crippen LogP contribution in [0.15, 0.2) is 18.2 Å². The maximum Gasteiger partial charge on any atom is 0.258 e.